The van der Waals surface area contributed by atoms with Crippen molar-refractivity contribution in [2.24, 2.45) is 0 Å². The molecule has 1 aliphatic rings. The van der Waals surface area contributed by atoms with Crippen LogP contribution in [0.4, 0.5) is 0 Å². The van der Waals surface area contributed by atoms with Crippen LogP contribution in [0, 0.1) is 11.3 Å². The molecule has 0 aromatic carbocycles. The Morgan fingerprint density at radius 1 is 1.14 bits per heavy atom. The van der Waals surface area contributed by atoms with Crippen LogP contribution in [0.3, 0.4) is 0 Å². The second kappa shape index (κ2) is 4.90. The third-order valence-electron chi connectivity index (χ3n) is 3.79. The number of hydrogen-bond acceptors (Lipinski definition) is 6. The summed E-state index contributed by atoms with van der Waals surface area (Å²) < 4.78 is 1.58. The van der Waals surface area contributed by atoms with Gasteiger partial charge in [0, 0.05) is 4.88 Å². The number of aromatic nitrogens is 5. The molecule has 0 unspecified atom stereocenters. The van der Waals surface area contributed by atoms with Gasteiger partial charge in [-0.2, -0.15) is 5.26 Å². The normalized spacial score (nSPS) is 14.6. The van der Waals surface area contributed by atoms with Gasteiger partial charge in [-0.25, -0.2) is 19.6 Å². The Balaban J connectivity index is 1.97. The van der Waals surface area contributed by atoms with Gasteiger partial charge in [0.1, 0.15) is 23.6 Å². The number of rotatable bonds is 1. The second-order valence-corrected chi connectivity index (χ2v) is 6.15. The van der Waals surface area contributed by atoms with Crippen molar-refractivity contribution in [2.75, 3.05) is 0 Å². The first-order valence-corrected chi connectivity index (χ1v) is 7.76. The van der Waals surface area contributed by atoms with E-state index in [0.717, 1.165) is 28.9 Å². The molecule has 0 saturated carbocycles. The number of fused-ring (bicyclic) bond motifs is 3. The molecule has 0 bridgehead atoms. The van der Waals surface area contributed by atoms with Crippen LogP contribution in [-0.4, -0.2) is 24.7 Å². The lowest BCUT2D eigenvalue weighted by Gasteiger charge is -2.04. The zero-order chi connectivity index (χ0) is 14.2. The summed E-state index contributed by atoms with van der Waals surface area (Å²) in [6, 6.07) is 1.95. The van der Waals surface area contributed by atoms with Crippen molar-refractivity contribution in [2.45, 2.75) is 32.1 Å². The number of nitriles is 1. The van der Waals surface area contributed by atoms with Crippen LogP contribution in [0.2, 0.25) is 0 Å². The summed E-state index contributed by atoms with van der Waals surface area (Å²) in [6.07, 6.45) is 9.00. The lowest BCUT2D eigenvalue weighted by Crippen LogP contribution is -2.01. The molecule has 0 spiro atoms. The van der Waals surface area contributed by atoms with E-state index in [9.17, 15) is 0 Å². The van der Waals surface area contributed by atoms with Crippen LogP contribution in [-0.2, 0) is 12.8 Å². The highest BCUT2D eigenvalue weighted by Gasteiger charge is 2.20. The highest BCUT2D eigenvalue weighted by atomic mass is 32.1. The largest absolute Gasteiger partial charge is 0.252 e. The predicted octanol–water partition coefficient (Wildman–Crippen LogP) is 2.41. The molecule has 0 saturated heterocycles. The minimum Gasteiger partial charge on any atom is -0.225 e. The third-order valence-corrected chi connectivity index (χ3v) is 4.99. The predicted molar refractivity (Wildman–Crippen MR) is 78.3 cm³/mol. The van der Waals surface area contributed by atoms with E-state index in [1.165, 1.54) is 29.7 Å². The highest BCUT2D eigenvalue weighted by molar-refractivity contribution is 7.18. The topological polar surface area (TPSA) is 80.3 Å². The standard InChI is InChI=1S/C14H12N6S/c15-6-11-18-8-20(19-11)13-12-9-4-2-1-3-5-10(9)21-14(12)17-7-16-13/h7-8H,1-5H2. The molecule has 21 heavy (non-hydrogen) atoms. The molecule has 0 aliphatic heterocycles. The monoisotopic (exact) mass is 296 g/mol. The Kier molecular flexibility index (Phi) is 2.89. The zero-order valence-corrected chi connectivity index (χ0v) is 12.1. The smallest absolute Gasteiger partial charge is 0.225 e. The molecular weight excluding hydrogens is 284 g/mol. The maximum absolute atomic E-state index is 8.88. The number of thiophene rings is 1. The summed E-state index contributed by atoms with van der Waals surface area (Å²) in [6.45, 7) is 0. The Bertz CT molecular complexity index is 856. The van der Waals surface area contributed by atoms with Gasteiger partial charge in [-0.15, -0.1) is 16.4 Å². The van der Waals surface area contributed by atoms with Crippen molar-refractivity contribution < 1.29 is 0 Å². The molecule has 3 heterocycles. The van der Waals surface area contributed by atoms with Crippen molar-refractivity contribution in [3.05, 3.63) is 28.9 Å². The Morgan fingerprint density at radius 3 is 2.90 bits per heavy atom. The highest BCUT2D eigenvalue weighted by Crippen LogP contribution is 2.36. The van der Waals surface area contributed by atoms with Crippen molar-refractivity contribution in [3.8, 4) is 11.9 Å². The van der Waals surface area contributed by atoms with E-state index in [1.54, 1.807) is 28.7 Å². The average Bonchev–Trinajstić information content (AvgIpc) is 3.06. The van der Waals surface area contributed by atoms with Gasteiger partial charge in [0.05, 0.1) is 5.39 Å². The van der Waals surface area contributed by atoms with Gasteiger partial charge in [-0.3, -0.25) is 0 Å². The summed E-state index contributed by atoms with van der Waals surface area (Å²) in [5.41, 5.74) is 1.36. The molecule has 1 aliphatic carbocycles. The van der Waals surface area contributed by atoms with Gasteiger partial charge in [0.15, 0.2) is 5.82 Å². The van der Waals surface area contributed by atoms with E-state index in [-0.39, 0.29) is 5.82 Å². The first kappa shape index (κ1) is 12.4. The fourth-order valence-electron chi connectivity index (χ4n) is 2.84. The quantitative estimate of drug-likeness (QED) is 0.644. The van der Waals surface area contributed by atoms with Crippen molar-refractivity contribution >= 4 is 21.6 Å². The Hall–Kier alpha value is -2.33. The average molecular weight is 296 g/mol. The molecule has 3 aromatic heterocycles. The van der Waals surface area contributed by atoms with Crippen LogP contribution in [0.1, 0.15) is 35.5 Å². The van der Waals surface area contributed by atoms with Crippen LogP contribution < -0.4 is 0 Å². The van der Waals surface area contributed by atoms with Gasteiger partial charge < -0.3 is 0 Å². The molecule has 3 aromatic rings. The van der Waals surface area contributed by atoms with Gasteiger partial charge in [0.25, 0.3) is 5.82 Å². The zero-order valence-electron chi connectivity index (χ0n) is 11.3. The molecule has 4 rings (SSSR count). The molecule has 0 atom stereocenters. The van der Waals surface area contributed by atoms with Gasteiger partial charge in [0.2, 0.25) is 0 Å². The minimum absolute atomic E-state index is 0.156. The van der Waals surface area contributed by atoms with Crippen molar-refractivity contribution in [1.82, 2.24) is 24.7 Å². The Labute approximate surface area is 125 Å². The lowest BCUT2D eigenvalue weighted by atomic mass is 10.1. The lowest BCUT2D eigenvalue weighted by molar-refractivity contribution is 0.713. The summed E-state index contributed by atoms with van der Waals surface area (Å²) in [7, 11) is 0. The maximum Gasteiger partial charge on any atom is 0.252 e. The second-order valence-electron chi connectivity index (χ2n) is 5.07. The fraction of sp³-hybridized carbons (Fsp3) is 0.357. The fourth-order valence-corrected chi connectivity index (χ4v) is 4.06. The van der Waals surface area contributed by atoms with Crippen LogP contribution in [0.15, 0.2) is 12.7 Å². The number of aryl methyl sites for hydroxylation is 2. The van der Waals surface area contributed by atoms with E-state index in [2.05, 4.69) is 20.1 Å². The molecule has 7 heteroatoms. The minimum atomic E-state index is 0.156. The van der Waals surface area contributed by atoms with Crippen LogP contribution >= 0.6 is 11.3 Å². The van der Waals surface area contributed by atoms with E-state index in [1.807, 2.05) is 6.07 Å². The first-order chi connectivity index (χ1) is 10.4. The molecule has 0 radical (unpaired) electrons. The van der Waals surface area contributed by atoms with E-state index < -0.39 is 0 Å². The molecule has 0 fully saturated rings. The third kappa shape index (κ3) is 1.99. The molecule has 6 nitrogen and oxygen atoms in total. The van der Waals surface area contributed by atoms with Crippen molar-refractivity contribution in [3.63, 3.8) is 0 Å². The van der Waals surface area contributed by atoms with Crippen molar-refractivity contribution in [1.29, 1.82) is 5.26 Å². The van der Waals surface area contributed by atoms with E-state index in [0.29, 0.717) is 0 Å². The molecule has 0 amide bonds. The van der Waals surface area contributed by atoms with Gasteiger partial charge in [-0.05, 0) is 31.2 Å². The van der Waals surface area contributed by atoms with Crippen LogP contribution in [0.25, 0.3) is 16.0 Å². The van der Waals surface area contributed by atoms with E-state index in [4.69, 9.17) is 5.26 Å². The summed E-state index contributed by atoms with van der Waals surface area (Å²) in [5, 5.41) is 14.1. The summed E-state index contributed by atoms with van der Waals surface area (Å²) in [4.78, 5) is 15.2. The number of hydrogen-bond donors (Lipinski definition) is 0. The number of nitrogens with zero attached hydrogens (tertiary/aromatic N) is 6. The van der Waals surface area contributed by atoms with Crippen LogP contribution in [0.5, 0.6) is 0 Å². The SMILES string of the molecule is N#Cc1ncn(-c2ncnc3sc4c(c23)CCCCC4)n1. The molecule has 104 valence electrons. The van der Waals surface area contributed by atoms with E-state index >= 15 is 0 Å². The molecular formula is C14H12N6S. The van der Waals surface area contributed by atoms with Gasteiger partial charge in [-0.1, -0.05) is 6.42 Å². The Morgan fingerprint density at radius 2 is 2.05 bits per heavy atom. The van der Waals surface area contributed by atoms with Gasteiger partial charge >= 0.3 is 0 Å². The summed E-state index contributed by atoms with van der Waals surface area (Å²) >= 11 is 1.76. The summed E-state index contributed by atoms with van der Waals surface area (Å²) in [5.74, 6) is 0.886. The first-order valence-electron chi connectivity index (χ1n) is 6.94. The maximum atomic E-state index is 8.88. The molecule has 0 N–H and O–H groups in total.